The minimum Gasteiger partial charge on any atom is -0.387 e. The van der Waals surface area contributed by atoms with Crippen LogP contribution in [0.4, 0.5) is 4.39 Å². The van der Waals surface area contributed by atoms with E-state index < -0.39 is 36.8 Å². The molecule has 164 valence electrons. The van der Waals surface area contributed by atoms with Crippen LogP contribution in [0.25, 0.3) is 0 Å². The zero-order valence-corrected chi connectivity index (χ0v) is 17.7. The first-order valence-electron chi connectivity index (χ1n) is 10.4. The van der Waals surface area contributed by atoms with E-state index in [2.05, 4.69) is 16.8 Å². The summed E-state index contributed by atoms with van der Waals surface area (Å²) in [4.78, 5) is 8.79. The number of halogens is 2. The normalized spacial score (nSPS) is 43.7. The predicted molar refractivity (Wildman–Crippen MR) is 109 cm³/mol. The van der Waals surface area contributed by atoms with Gasteiger partial charge in [-0.2, -0.15) is 0 Å². The van der Waals surface area contributed by atoms with Gasteiger partial charge in [-0.25, -0.2) is 4.39 Å². The molecule has 9 heteroatoms. The maximum absolute atomic E-state index is 14.4. The third-order valence-electron chi connectivity index (χ3n) is 7.12. The number of benzene rings is 1. The summed E-state index contributed by atoms with van der Waals surface area (Å²) in [5.41, 5.74) is 1.04. The van der Waals surface area contributed by atoms with Crippen molar-refractivity contribution in [1.82, 2.24) is 9.80 Å². The van der Waals surface area contributed by atoms with E-state index in [4.69, 9.17) is 21.1 Å². The van der Waals surface area contributed by atoms with Gasteiger partial charge in [-0.1, -0.05) is 17.7 Å². The molecule has 4 heterocycles. The van der Waals surface area contributed by atoms with Crippen LogP contribution in [0.2, 0.25) is 5.02 Å². The molecule has 0 spiro atoms. The molecular weight excluding hydrogens is 413 g/mol. The van der Waals surface area contributed by atoms with Gasteiger partial charge in [-0.15, -0.1) is 0 Å². The molecule has 0 saturated carbocycles. The van der Waals surface area contributed by atoms with Gasteiger partial charge in [0.15, 0.2) is 0 Å². The number of hydrogen-bond donors (Lipinski definition) is 2. The lowest BCUT2D eigenvalue weighted by molar-refractivity contribution is -0.144. The second kappa shape index (κ2) is 7.69. The lowest BCUT2D eigenvalue weighted by Gasteiger charge is -2.39. The van der Waals surface area contributed by atoms with Crippen LogP contribution < -0.4 is 0 Å². The number of likely N-dealkylation sites (tertiary alicyclic amines) is 1. The highest BCUT2D eigenvalue weighted by Gasteiger charge is 2.54. The van der Waals surface area contributed by atoms with E-state index in [1.807, 2.05) is 18.3 Å². The number of aliphatic hydroxyl groups is 2. The van der Waals surface area contributed by atoms with Crippen LogP contribution in [-0.2, 0) is 9.47 Å². The van der Waals surface area contributed by atoms with Crippen molar-refractivity contribution in [2.24, 2.45) is 10.9 Å². The SMILES string of the molecule is CC1C2CCN([C@@H]3O[C@H]([C@@H]4OC[C@H](F)c5cc(Cl)ccc54)[C@@H](O)[C@H]3O)C2N=CN1C. The summed E-state index contributed by atoms with van der Waals surface area (Å²) >= 11 is 6.05. The maximum atomic E-state index is 14.4. The lowest BCUT2D eigenvalue weighted by atomic mass is 9.91. The van der Waals surface area contributed by atoms with E-state index in [-0.39, 0.29) is 12.8 Å². The fourth-order valence-corrected chi connectivity index (χ4v) is 5.48. The van der Waals surface area contributed by atoms with E-state index in [1.165, 1.54) is 0 Å². The van der Waals surface area contributed by atoms with E-state index in [1.54, 1.807) is 18.2 Å². The van der Waals surface area contributed by atoms with Crippen LogP contribution in [-0.4, -0.2) is 83.3 Å². The summed E-state index contributed by atoms with van der Waals surface area (Å²) in [5.74, 6) is 0.327. The minimum atomic E-state index is -1.29. The van der Waals surface area contributed by atoms with Crippen LogP contribution in [0.1, 0.15) is 36.7 Å². The zero-order chi connectivity index (χ0) is 21.2. The Hall–Kier alpha value is -1.29. The summed E-state index contributed by atoms with van der Waals surface area (Å²) < 4.78 is 26.3. The number of aliphatic hydroxyl groups excluding tert-OH is 2. The summed E-state index contributed by atoms with van der Waals surface area (Å²) in [6.07, 6.45) is -3.10. The molecule has 0 radical (unpaired) electrons. The van der Waals surface area contributed by atoms with E-state index >= 15 is 0 Å². The van der Waals surface area contributed by atoms with Crippen molar-refractivity contribution >= 4 is 17.9 Å². The van der Waals surface area contributed by atoms with Crippen molar-refractivity contribution in [3.05, 3.63) is 34.3 Å². The molecule has 30 heavy (non-hydrogen) atoms. The van der Waals surface area contributed by atoms with Crippen molar-refractivity contribution in [1.29, 1.82) is 0 Å². The number of fused-ring (bicyclic) bond motifs is 2. The van der Waals surface area contributed by atoms with Crippen molar-refractivity contribution in [3.8, 4) is 0 Å². The quantitative estimate of drug-likeness (QED) is 0.732. The first-order valence-corrected chi connectivity index (χ1v) is 10.8. The van der Waals surface area contributed by atoms with Gasteiger partial charge in [0.25, 0.3) is 0 Å². The smallest absolute Gasteiger partial charge is 0.149 e. The van der Waals surface area contributed by atoms with Crippen LogP contribution >= 0.6 is 11.6 Å². The van der Waals surface area contributed by atoms with E-state index in [0.29, 0.717) is 28.1 Å². The molecule has 4 aliphatic rings. The highest BCUT2D eigenvalue weighted by atomic mass is 35.5. The molecule has 0 amide bonds. The summed E-state index contributed by atoms with van der Waals surface area (Å²) in [6, 6.07) is 5.30. The lowest BCUT2D eigenvalue weighted by Crippen LogP contribution is -2.51. The zero-order valence-electron chi connectivity index (χ0n) is 16.9. The largest absolute Gasteiger partial charge is 0.387 e. The first kappa shape index (κ1) is 20.6. The van der Waals surface area contributed by atoms with Gasteiger partial charge in [0.1, 0.15) is 43.0 Å². The molecular formula is C21H27ClFN3O4. The van der Waals surface area contributed by atoms with Gasteiger partial charge in [0.2, 0.25) is 0 Å². The average Bonchev–Trinajstić information content (AvgIpc) is 3.28. The Kier molecular flexibility index (Phi) is 5.28. The molecule has 2 saturated heterocycles. The Morgan fingerprint density at radius 2 is 2.03 bits per heavy atom. The van der Waals surface area contributed by atoms with Gasteiger partial charge < -0.3 is 24.6 Å². The number of ether oxygens (including phenoxy) is 2. The van der Waals surface area contributed by atoms with Crippen molar-refractivity contribution in [2.75, 3.05) is 20.2 Å². The molecule has 1 aromatic carbocycles. The number of alkyl halides is 1. The summed E-state index contributed by atoms with van der Waals surface area (Å²) in [6.45, 7) is 2.74. The standard InChI is InChI=1S/C21H27ClFN3O4/c1-10-12-5-6-26(20(12)24-9-25(10)2)21-17(28)16(27)19(30-21)18-13-4-3-11(22)7-14(13)15(23)8-29-18/h3-4,7,9-10,12,15-21,27-28H,5-6,8H2,1-2H3/t10?,12?,15-,16-,17+,18+,19-,20?,21+/m0/s1. The number of rotatable bonds is 2. The van der Waals surface area contributed by atoms with Gasteiger partial charge in [0.05, 0.1) is 12.9 Å². The topological polar surface area (TPSA) is 77.8 Å². The second-order valence-electron chi connectivity index (χ2n) is 8.74. The highest BCUT2D eigenvalue weighted by molar-refractivity contribution is 6.30. The molecule has 9 atom stereocenters. The molecule has 2 N–H and O–H groups in total. The minimum absolute atomic E-state index is 0.101. The molecule has 0 aromatic heterocycles. The number of aliphatic imine (C=N–C) groups is 1. The molecule has 4 aliphatic heterocycles. The van der Waals surface area contributed by atoms with Gasteiger partial charge in [-0.05, 0) is 36.6 Å². The summed E-state index contributed by atoms with van der Waals surface area (Å²) in [7, 11) is 2.01. The monoisotopic (exact) mass is 439 g/mol. The van der Waals surface area contributed by atoms with Crippen LogP contribution in [0, 0.1) is 5.92 Å². The molecule has 1 aromatic rings. The fraction of sp³-hybridized carbons (Fsp3) is 0.667. The third kappa shape index (κ3) is 3.16. The molecule has 2 fully saturated rings. The second-order valence-corrected chi connectivity index (χ2v) is 9.18. The molecule has 7 nitrogen and oxygen atoms in total. The summed E-state index contributed by atoms with van der Waals surface area (Å²) in [5, 5.41) is 22.1. The van der Waals surface area contributed by atoms with E-state index in [0.717, 1.165) is 13.0 Å². The fourth-order valence-electron chi connectivity index (χ4n) is 5.30. The predicted octanol–water partition coefficient (Wildman–Crippen LogP) is 1.88. The number of hydrogen-bond acceptors (Lipinski definition) is 7. The first-order chi connectivity index (χ1) is 14.4. The van der Waals surface area contributed by atoms with Gasteiger partial charge in [-0.3, -0.25) is 9.89 Å². The Morgan fingerprint density at radius 3 is 2.83 bits per heavy atom. The van der Waals surface area contributed by atoms with Crippen LogP contribution in [0.5, 0.6) is 0 Å². The molecule has 0 bridgehead atoms. The Morgan fingerprint density at radius 1 is 1.23 bits per heavy atom. The van der Waals surface area contributed by atoms with Crippen LogP contribution in [0.3, 0.4) is 0 Å². The van der Waals surface area contributed by atoms with Crippen molar-refractivity contribution in [3.63, 3.8) is 0 Å². The van der Waals surface area contributed by atoms with Gasteiger partial charge in [0, 0.05) is 30.6 Å². The Labute approximate surface area is 180 Å². The van der Waals surface area contributed by atoms with Gasteiger partial charge >= 0.3 is 0 Å². The highest BCUT2D eigenvalue weighted by Crippen LogP contribution is 2.44. The number of nitrogens with zero attached hydrogens (tertiary/aromatic N) is 3. The van der Waals surface area contributed by atoms with E-state index in [9.17, 15) is 14.6 Å². The molecule has 3 unspecified atom stereocenters. The molecule has 5 rings (SSSR count). The van der Waals surface area contributed by atoms with Crippen molar-refractivity contribution in [2.45, 2.75) is 62.4 Å². The Bertz CT molecular complexity index is 844. The third-order valence-corrected chi connectivity index (χ3v) is 7.36. The molecule has 0 aliphatic carbocycles. The van der Waals surface area contributed by atoms with Crippen molar-refractivity contribution < 1.29 is 24.1 Å². The van der Waals surface area contributed by atoms with Crippen LogP contribution in [0.15, 0.2) is 23.2 Å². The Balaban J connectivity index is 1.40. The average molecular weight is 440 g/mol. The maximum Gasteiger partial charge on any atom is 0.149 e.